The molecule has 0 aromatic carbocycles. The van der Waals surface area contributed by atoms with Gasteiger partial charge in [0.25, 0.3) is 0 Å². The van der Waals surface area contributed by atoms with Crippen LogP contribution in [-0.4, -0.2) is 50.1 Å². The third-order valence-corrected chi connectivity index (χ3v) is 4.07. The molecule has 2 aliphatic rings. The number of amides is 1. The molecule has 17 heavy (non-hydrogen) atoms. The van der Waals surface area contributed by atoms with Crippen molar-refractivity contribution in [3.8, 4) is 0 Å². The molecule has 2 N–H and O–H groups in total. The fraction of sp³-hybridized carbons (Fsp3) is 0.923. The van der Waals surface area contributed by atoms with Gasteiger partial charge in [0, 0.05) is 19.0 Å². The summed E-state index contributed by atoms with van der Waals surface area (Å²) in [4.78, 5) is 13.6. The van der Waals surface area contributed by atoms with Crippen LogP contribution in [0.4, 0.5) is 0 Å². The number of carbonyl (C=O) groups is 1. The molecule has 0 radical (unpaired) electrons. The molecule has 2 saturated heterocycles. The lowest BCUT2D eigenvalue weighted by Crippen LogP contribution is -2.42. The molecule has 4 heteroatoms. The van der Waals surface area contributed by atoms with Crippen molar-refractivity contribution in [3.63, 3.8) is 0 Å². The number of likely N-dealkylation sites (tertiary alicyclic amines) is 1. The van der Waals surface area contributed by atoms with Crippen molar-refractivity contribution in [2.75, 3.05) is 33.2 Å². The molecule has 0 saturated carbocycles. The largest absolute Gasteiger partial charge is 0.352 e. The van der Waals surface area contributed by atoms with Gasteiger partial charge in [-0.25, -0.2) is 0 Å². The third-order valence-electron chi connectivity index (χ3n) is 4.07. The Balaban J connectivity index is 1.63. The number of hydrogen-bond donors (Lipinski definition) is 2. The zero-order valence-corrected chi connectivity index (χ0v) is 10.9. The molecule has 0 aromatic heterocycles. The van der Waals surface area contributed by atoms with Crippen molar-refractivity contribution in [1.82, 2.24) is 15.5 Å². The number of rotatable bonds is 5. The van der Waals surface area contributed by atoms with Crippen LogP contribution < -0.4 is 10.6 Å². The lowest BCUT2D eigenvalue weighted by Gasteiger charge is -2.33. The Morgan fingerprint density at radius 2 is 2.12 bits per heavy atom. The maximum atomic E-state index is 11.1. The minimum atomic E-state index is 0.235. The van der Waals surface area contributed by atoms with Gasteiger partial charge < -0.3 is 15.5 Å². The first-order valence-electron chi connectivity index (χ1n) is 6.94. The van der Waals surface area contributed by atoms with Gasteiger partial charge in [-0.2, -0.15) is 0 Å². The molecule has 0 bridgehead atoms. The summed E-state index contributed by atoms with van der Waals surface area (Å²) in [5, 5.41) is 6.28. The van der Waals surface area contributed by atoms with Crippen LogP contribution >= 0.6 is 0 Å². The average molecular weight is 239 g/mol. The highest BCUT2D eigenvalue weighted by Crippen LogP contribution is 2.21. The van der Waals surface area contributed by atoms with Crippen LogP contribution in [0, 0.1) is 5.92 Å². The lowest BCUT2D eigenvalue weighted by molar-refractivity contribution is -0.119. The van der Waals surface area contributed by atoms with Gasteiger partial charge in [0.15, 0.2) is 0 Å². The summed E-state index contributed by atoms with van der Waals surface area (Å²) in [6.07, 6.45) is 5.71. The van der Waals surface area contributed by atoms with Crippen LogP contribution in [0.1, 0.15) is 32.1 Å². The summed E-state index contributed by atoms with van der Waals surface area (Å²) in [7, 11) is 2.03. The average Bonchev–Trinajstić information content (AvgIpc) is 2.74. The molecule has 2 heterocycles. The van der Waals surface area contributed by atoms with E-state index in [9.17, 15) is 4.79 Å². The quantitative estimate of drug-likeness (QED) is 0.738. The monoisotopic (exact) mass is 239 g/mol. The Morgan fingerprint density at radius 3 is 2.71 bits per heavy atom. The van der Waals surface area contributed by atoms with Crippen molar-refractivity contribution in [2.45, 2.75) is 38.1 Å². The Bertz CT molecular complexity index is 249. The minimum Gasteiger partial charge on any atom is -0.352 e. The molecule has 2 aliphatic heterocycles. The van der Waals surface area contributed by atoms with Crippen molar-refractivity contribution >= 4 is 5.91 Å². The van der Waals surface area contributed by atoms with E-state index in [0.29, 0.717) is 6.04 Å². The number of hydrogen-bond acceptors (Lipinski definition) is 3. The first-order chi connectivity index (χ1) is 8.28. The van der Waals surface area contributed by atoms with Gasteiger partial charge in [-0.3, -0.25) is 4.79 Å². The highest BCUT2D eigenvalue weighted by atomic mass is 16.1. The first kappa shape index (κ1) is 12.8. The molecule has 1 amide bonds. The molecule has 2 rings (SSSR count). The molecule has 0 aromatic rings. The van der Waals surface area contributed by atoms with Gasteiger partial charge >= 0.3 is 0 Å². The second-order valence-electron chi connectivity index (χ2n) is 5.44. The van der Waals surface area contributed by atoms with Crippen molar-refractivity contribution in [3.05, 3.63) is 0 Å². The molecule has 0 spiro atoms. The lowest BCUT2D eigenvalue weighted by atomic mass is 9.93. The molecular formula is C13H25N3O. The van der Waals surface area contributed by atoms with Crippen LogP contribution in [0.15, 0.2) is 0 Å². The molecule has 1 atom stereocenters. The van der Waals surface area contributed by atoms with Crippen LogP contribution in [0.3, 0.4) is 0 Å². The Hall–Kier alpha value is -0.610. The van der Waals surface area contributed by atoms with E-state index in [4.69, 9.17) is 0 Å². The Kier molecular flexibility index (Phi) is 4.80. The first-order valence-corrected chi connectivity index (χ1v) is 6.94. The van der Waals surface area contributed by atoms with Gasteiger partial charge in [-0.1, -0.05) is 0 Å². The summed E-state index contributed by atoms with van der Waals surface area (Å²) in [6.45, 7) is 4.62. The number of piperidine rings is 1. The minimum absolute atomic E-state index is 0.235. The Morgan fingerprint density at radius 1 is 1.35 bits per heavy atom. The van der Waals surface area contributed by atoms with E-state index in [1.165, 1.54) is 32.4 Å². The fourth-order valence-electron chi connectivity index (χ4n) is 2.93. The Labute approximate surface area is 104 Å². The van der Waals surface area contributed by atoms with Gasteiger partial charge in [0.2, 0.25) is 5.91 Å². The van der Waals surface area contributed by atoms with Crippen LogP contribution in [0.25, 0.3) is 0 Å². The van der Waals surface area contributed by atoms with E-state index in [-0.39, 0.29) is 5.91 Å². The van der Waals surface area contributed by atoms with Gasteiger partial charge in [-0.05, 0) is 58.3 Å². The summed E-state index contributed by atoms with van der Waals surface area (Å²) in [5.74, 6) is 1.13. The second kappa shape index (κ2) is 6.36. The van der Waals surface area contributed by atoms with Crippen LogP contribution in [0.5, 0.6) is 0 Å². The van der Waals surface area contributed by atoms with E-state index in [1.807, 2.05) is 7.05 Å². The predicted molar refractivity (Wildman–Crippen MR) is 68.9 cm³/mol. The third kappa shape index (κ3) is 3.96. The molecule has 0 aliphatic carbocycles. The SMILES string of the molecule is CNCCC1CCN(CC2CCC(=O)N2)CC1. The molecule has 98 valence electrons. The normalized spacial score (nSPS) is 27.4. The van der Waals surface area contributed by atoms with E-state index in [1.54, 1.807) is 0 Å². The maximum Gasteiger partial charge on any atom is 0.220 e. The van der Waals surface area contributed by atoms with E-state index >= 15 is 0 Å². The number of carbonyl (C=O) groups excluding carboxylic acids is 1. The smallest absolute Gasteiger partial charge is 0.220 e. The van der Waals surface area contributed by atoms with Gasteiger partial charge in [0.05, 0.1) is 0 Å². The summed E-state index contributed by atoms with van der Waals surface area (Å²) in [6, 6.07) is 0.413. The zero-order valence-electron chi connectivity index (χ0n) is 10.9. The van der Waals surface area contributed by atoms with Crippen molar-refractivity contribution in [2.24, 2.45) is 5.92 Å². The molecule has 2 fully saturated rings. The summed E-state index contributed by atoms with van der Waals surface area (Å²) in [5.41, 5.74) is 0. The van der Waals surface area contributed by atoms with E-state index in [2.05, 4.69) is 15.5 Å². The zero-order chi connectivity index (χ0) is 12.1. The number of nitrogens with zero attached hydrogens (tertiary/aromatic N) is 1. The summed E-state index contributed by atoms with van der Waals surface area (Å²) < 4.78 is 0. The summed E-state index contributed by atoms with van der Waals surface area (Å²) >= 11 is 0. The van der Waals surface area contributed by atoms with Crippen molar-refractivity contribution < 1.29 is 4.79 Å². The highest BCUT2D eigenvalue weighted by molar-refractivity contribution is 5.78. The molecule has 1 unspecified atom stereocenters. The standard InChI is InChI=1S/C13H25N3O/c1-14-7-4-11-5-8-16(9-6-11)10-12-2-3-13(17)15-12/h11-12,14H,2-10H2,1H3,(H,15,17). The fourth-order valence-corrected chi connectivity index (χ4v) is 2.93. The van der Waals surface area contributed by atoms with Crippen molar-refractivity contribution in [1.29, 1.82) is 0 Å². The topological polar surface area (TPSA) is 44.4 Å². The maximum absolute atomic E-state index is 11.1. The van der Waals surface area contributed by atoms with Gasteiger partial charge in [0.1, 0.15) is 0 Å². The van der Waals surface area contributed by atoms with Gasteiger partial charge in [-0.15, -0.1) is 0 Å². The molecular weight excluding hydrogens is 214 g/mol. The van der Waals surface area contributed by atoms with Crippen LogP contribution in [-0.2, 0) is 4.79 Å². The second-order valence-corrected chi connectivity index (χ2v) is 5.44. The predicted octanol–water partition coefficient (Wildman–Crippen LogP) is 0.587. The van der Waals surface area contributed by atoms with Crippen LogP contribution in [0.2, 0.25) is 0 Å². The highest BCUT2D eigenvalue weighted by Gasteiger charge is 2.25. The number of nitrogens with one attached hydrogen (secondary N) is 2. The molecule has 4 nitrogen and oxygen atoms in total. The van der Waals surface area contributed by atoms with E-state index in [0.717, 1.165) is 31.8 Å². The van der Waals surface area contributed by atoms with E-state index < -0.39 is 0 Å².